The number of ether oxygens (including phenoxy) is 2. The smallest absolute Gasteiger partial charge is 0.407 e. The molecule has 4 amide bonds. The molecular weight excluding hydrogens is 699 g/mol. The van der Waals surface area contributed by atoms with E-state index >= 15 is 0 Å². The van der Waals surface area contributed by atoms with Gasteiger partial charge in [0.15, 0.2) is 0 Å². The lowest BCUT2D eigenvalue weighted by molar-refractivity contribution is -0.142. The summed E-state index contributed by atoms with van der Waals surface area (Å²) in [5.74, 6) is -2.08. The molecule has 3 heterocycles. The van der Waals surface area contributed by atoms with Gasteiger partial charge < -0.3 is 25.0 Å². The molecule has 5 aliphatic rings. The van der Waals surface area contributed by atoms with Crippen LogP contribution in [0, 0.1) is 11.8 Å². The summed E-state index contributed by atoms with van der Waals surface area (Å²) in [6.07, 6.45) is 13.1. The third-order valence-electron chi connectivity index (χ3n) is 11.7. The van der Waals surface area contributed by atoms with Gasteiger partial charge in [-0.1, -0.05) is 56.7 Å². The topological polar surface area (TPSA) is 173 Å². The Balaban J connectivity index is 1.20. The molecule has 0 radical (unpaired) electrons. The number of hydrogen-bond acceptors (Lipinski definition) is 9. The fourth-order valence-corrected chi connectivity index (χ4v) is 9.68. The van der Waals surface area contributed by atoms with Crippen LogP contribution in [-0.4, -0.2) is 84.2 Å². The van der Waals surface area contributed by atoms with E-state index in [9.17, 15) is 27.6 Å². The number of benzene rings is 1. The quantitative estimate of drug-likeness (QED) is 0.346. The number of hydrogen-bond donors (Lipinski definition) is 3. The van der Waals surface area contributed by atoms with Crippen LogP contribution < -0.4 is 20.1 Å². The lowest BCUT2D eigenvalue weighted by atomic mass is 9.83. The van der Waals surface area contributed by atoms with Crippen LogP contribution in [-0.2, 0) is 35.6 Å². The van der Waals surface area contributed by atoms with Gasteiger partial charge in [0.1, 0.15) is 23.7 Å². The maximum Gasteiger partial charge on any atom is 0.407 e. The van der Waals surface area contributed by atoms with Crippen LogP contribution in [0.3, 0.4) is 0 Å². The molecule has 3 N–H and O–H groups in total. The Morgan fingerprint density at radius 1 is 1.00 bits per heavy atom. The highest BCUT2D eigenvalue weighted by atomic mass is 32.2. The number of pyridine rings is 1. The molecule has 3 saturated carbocycles. The molecule has 4 fully saturated rings. The molecule has 53 heavy (non-hydrogen) atoms. The number of nitrogens with zero attached hydrogens (tertiary/aromatic N) is 2. The van der Waals surface area contributed by atoms with Crippen molar-refractivity contribution in [1.82, 2.24) is 25.2 Å². The van der Waals surface area contributed by atoms with E-state index in [1.165, 1.54) is 11.0 Å². The van der Waals surface area contributed by atoms with E-state index in [-0.39, 0.29) is 31.9 Å². The lowest BCUT2D eigenvalue weighted by Gasteiger charge is -2.34. The van der Waals surface area contributed by atoms with E-state index in [0.717, 1.165) is 87.0 Å². The van der Waals surface area contributed by atoms with Crippen LogP contribution >= 0.6 is 0 Å². The molecule has 13 nitrogen and oxygen atoms in total. The van der Waals surface area contributed by atoms with E-state index in [0.29, 0.717) is 18.7 Å². The summed E-state index contributed by atoms with van der Waals surface area (Å²) in [6.45, 7) is 4.08. The van der Waals surface area contributed by atoms with Gasteiger partial charge in [0.25, 0.3) is 5.91 Å². The molecule has 286 valence electrons. The Morgan fingerprint density at radius 2 is 1.75 bits per heavy atom. The molecule has 4 bridgehead atoms. The Kier molecular flexibility index (Phi) is 11.0. The van der Waals surface area contributed by atoms with Crippen LogP contribution in [0.25, 0.3) is 10.8 Å². The standard InChI is InChI=1S/C39H51N5O8S/c1-2-28-23-39(28,37(47)43-53(49,50)30-16-17-30)42-34(45)32-22-29-24-44(32)36(46)33(27-12-8-6-9-13-27)41-38(48)51-20-10-5-3-4-7-11-25-14-15-26-18-19-40-35(52-29)31(26)21-25/h2,14-15,18-19,21,27-30,32-33H,1,3-13,16-17,20,22-24H2,(H,41,48)(H,42,45)(H,43,47). The zero-order chi connectivity index (χ0) is 37.2. The highest BCUT2D eigenvalue weighted by Gasteiger charge is 2.62. The number of amides is 4. The van der Waals surface area contributed by atoms with Crippen molar-refractivity contribution in [3.8, 4) is 5.88 Å². The second-order valence-electron chi connectivity index (χ2n) is 15.5. The summed E-state index contributed by atoms with van der Waals surface area (Å²) in [4.78, 5) is 61.8. The first-order valence-electron chi connectivity index (χ1n) is 19.4. The predicted molar refractivity (Wildman–Crippen MR) is 197 cm³/mol. The van der Waals surface area contributed by atoms with Crippen LogP contribution in [0.2, 0.25) is 0 Å². The van der Waals surface area contributed by atoms with E-state index in [1.54, 1.807) is 6.20 Å². The molecule has 1 aromatic heterocycles. The predicted octanol–water partition coefficient (Wildman–Crippen LogP) is 4.43. The van der Waals surface area contributed by atoms with Gasteiger partial charge in [-0.15, -0.1) is 6.58 Å². The largest absolute Gasteiger partial charge is 0.472 e. The van der Waals surface area contributed by atoms with E-state index in [2.05, 4.69) is 45.1 Å². The first-order valence-corrected chi connectivity index (χ1v) is 20.9. The third kappa shape index (κ3) is 8.32. The Labute approximate surface area is 311 Å². The highest BCUT2D eigenvalue weighted by molar-refractivity contribution is 7.91. The first kappa shape index (κ1) is 37.1. The maximum atomic E-state index is 14.7. The van der Waals surface area contributed by atoms with Crippen molar-refractivity contribution >= 4 is 44.6 Å². The summed E-state index contributed by atoms with van der Waals surface area (Å²) >= 11 is 0. The fourth-order valence-electron chi connectivity index (χ4n) is 8.31. The summed E-state index contributed by atoms with van der Waals surface area (Å²) in [5.41, 5.74) is -0.356. The van der Waals surface area contributed by atoms with Gasteiger partial charge in [-0.05, 0) is 80.4 Å². The number of alkyl carbamates (subject to hydrolysis) is 1. The van der Waals surface area contributed by atoms with Crippen molar-refractivity contribution in [2.75, 3.05) is 13.2 Å². The molecule has 2 aromatic rings. The van der Waals surface area contributed by atoms with Crippen molar-refractivity contribution in [2.45, 2.75) is 125 Å². The van der Waals surface area contributed by atoms with E-state index in [1.807, 2.05) is 6.07 Å². The van der Waals surface area contributed by atoms with E-state index in [4.69, 9.17) is 9.47 Å². The minimum atomic E-state index is -3.88. The number of carbonyl (C=O) groups excluding carboxylic acids is 4. The van der Waals surface area contributed by atoms with Crippen molar-refractivity contribution in [3.63, 3.8) is 0 Å². The van der Waals surface area contributed by atoms with Crippen molar-refractivity contribution < 1.29 is 37.1 Å². The summed E-state index contributed by atoms with van der Waals surface area (Å²) in [6, 6.07) is 6.18. The Morgan fingerprint density at radius 3 is 2.51 bits per heavy atom. The Bertz CT molecular complexity index is 1840. The molecule has 5 atom stereocenters. The number of nitrogens with one attached hydrogen (secondary N) is 3. The molecule has 1 aromatic carbocycles. The number of rotatable bonds is 7. The summed E-state index contributed by atoms with van der Waals surface area (Å²) in [7, 11) is -3.88. The fraction of sp³-hybridized carbons (Fsp3) is 0.615. The molecular formula is C39H51N5O8S. The average molecular weight is 750 g/mol. The number of sulfonamides is 1. The van der Waals surface area contributed by atoms with Crippen LogP contribution in [0.5, 0.6) is 5.88 Å². The lowest BCUT2D eigenvalue weighted by Crippen LogP contribution is -2.59. The number of aryl methyl sites for hydroxylation is 1. The third-order valence-corrected chi connectivity index (χ3v) is 13.5. The van der Waals surface area contributed by atoms with Gasteiger partial charge in [-0.3, -0.25) is 19.1 Å². The van der Waals surface area contributed by atoms with Crippen molar-refractivity contribution in [1.29, 1.82) is 0 Å². The van der Waals surface area contributed by atoms with E-state index < -0.39 is 68.7 Å². The molecule has 2 aliphatic heterocycles. The normalized spacial score (nSPS) is 29.0. The second kappa shape index (κ2) is 15.6. The van der Waals surface area contributed by atoms with Crippen LogP contribution in [0.15, 0.2) is 43.1 Å². The van der Waals surface area contributed by atoms with Gasteiger partial charge >= 0.3 is 6.09 Å². The van der Waals surface area contributed by atoms with Crippen molar-refractivity contribution in [2.24, 2.45) is 11.8 Å². The molecule has 3 aliphatic carbocycles. The highest BCUT2D eigenvalue weighted by Crippen LogP contribution is 2.45. The number of carbonyl (C=O) groups is 4. The first-order chi connectivity index (χ1) is 25.6. The van der Waals surface area contributed by atoms with Crippen LogP contribution in [0.4, 0.5) is 4.79 Å². The van der Waals surface area contributed by atoms with Gasteiger partial charge in [-0.25, -0.2) is 18.2 Å². The summed E-state index contributed by atoms with van der Waals surface area (Å²) < 4.78 is 39.8. The van der Waals surface area contributed by atoms with Gasteiger partial charge in [-0.2, -0.15) is 0 Å². The second-order valence-corrected chi connectivity index (χ2v) is 17.5. The van der Waals surface area contributed by atoms with Gasteiger partial charge in [0, 0.05) is 23.9 Å². The molecule has 7 rings (SSSR count). The number of aromatic nitrogens is 1. The number of fused-ring (bicyclic) bond motifs is 3. The maximum absolute atomic E-state index is 14.7. The Hall–Kier alpha value is -4.20. The SMILES string of the molecule is C=CC1CC1(NC(=O)C1CC2CN1C(=O)C(C1CCCCC1)NC(=O)OCCCCCCCc1ccc3ccnc(c3c1)O2)C(=O)NS(=O)(=O)C1CC1. The zero-order valence-corrected chi connectivity index (χ0v) is 31.0. The minimum Gasteiger partial charge on any atom is -0.472 e. The monoisotopic (exact) mass is 749 g/mol. The van der Waals surface area contributed by atoms with Gasteiger partial charge in [0.2, 0.25) is 27.7 Å². The minimum absolute atomic E-state index is 0.0365. The molecule has 0 spiro atoms. The molecule has 14 heteroatoms. The zero-order valence-electron chi connectivity index (χ0n) is 30.2. The van der Waals surface area contributed by atoms with Crippen LogP contribution in [0.1, 0.15) is 95.5 Å². The molecule has 5 unspecified atom stereocenters. The van der Waals surface area contributed by atoms with Gasteiger partial charge in [0.05, 0.1) is 18.4 Å². The molecule has 1 saturated heterocycles. The van der Waals surface area contributed by atoms with Crippen molar-refractivity contribution in [3.05, 3.63) is 48.7 Å². The number of cyclic esters (lactones) is 1. The summed E-state index contributed by atoms with van der Waals surface area (Å²) in [5, 5.41) is 6.90. The average Bonchev–Trinajstić information content (AvgIpc) is 4.08.